The van der Waals surface area contributed by atoms with Crippen molar-refractivity contribution < 1.29 is 0 Å². The van der Waals surface area contributed by atoms with Gasteiger partial charge in [-0.2, -0.15) is 0 Å². The van der Waals surface area contributed by atoms with Gasteiger partial charge in [-0.1, -0.05) is 26.1 Å². The molecule has 0 bridgehead atoms. The second-order valence-corrected chi connectivity index (χ2v) is 5.90. The monoisotopic (exact) mass is 308 g/mol. The van der Waals surface area contributed by atoms with Crippen molar-refractivity contribution in [3.8, 4) is 0 Å². The van der Waals surface area contributed by atoms with Crippen molar-refractivity contribution in [3.05, 3.63) is 23.4 Å². The molecule has 4 nitrogen and oxygen atoms in total. The Kier molecular flexibility index (Phi) is 7.61. The fraction of sp³-hybridized carbons (Fsp3) is 0.625. The molecule has 1 aromatic heterocycles. The van der Waals surface area contributed by atoms with Crippen LogP contribution >= 0.6 is 12.2 Å². The average molecular weight is 308 g/mol. The van der Waals surface area contributed by atoms with Crippen LogP contribution in [0.2, 0.25) is 0 Å². The standard InChI is InChI=1S/C16H28N4S/c1-5-20(6-2)9-7-8-12(3)18-15-11-14(16(17)21)10-13(4)19-15/h10-12H,5-9H2,1-4H3,(H2,17,21)(H,18,19). The average Bonchev–Trinajstić information content (AvgIpc) is 2.43. The highest BCUT2D eigenvalue weighted by atomic mass is 32.1. The van der Waals surface area contributed by atoms with Gasteiger partial charge in [0.25, 0.3) is 0 Å². The van der Waals surface area contributed by atoms with Gasteiger partial charge < -0.3 is 16.0 Å². The maximum atomic E-state index is 5.70. The van der Waals surface area contributed by atoms with Crippen LogP contribution in [0.1, 0.15) is 44.9 Å². The Morgan fingerprint density at radius 2 is 2.05 bits per heavy atom. The van der Waals surface area contributed by atoms with Gasteiger partial charge in [0.05, 0.1) is 0 Å². The summed E-state index contributed by atoms with van der Waals surface area (Å²) >= 11 is 5.04. The van der Waals surface area contributed by atoms with Gasteiger partial charge in [-0.15, -0.1) is 0 Å². The van der Waals surface area contributed by atoms with Gasteiger partial charge in [0.1, 0.15) is 10.8 Å². The summed E-state index contributed by atoms with van der Waals surface area (Å²) in [6, 6.07) is 4.23. The Morgan fingerprint density at radius 3 is 2.62 bits per heavy atom. The van der Waals surface area contributed by atoms with Crippen molar-refractivity contribution >= 4 is 23.0 Å². The molecular weight excluding hydrogens is 280 g/mol. The van der Waals surface area contributed by atoms with Gasteiger partial charge in [-0.05, 0) is 58.5 Å². The van der Waals surface area contributed by atoms with Gasteiger partial charge in [0.2, 0.25) is 0 Å². The van der Waals surface area contributed by atoms with Crippen LogP contribution in [-0.2, 0) is 0 Å². The number of nitrogens with one attached hydrogen (secondary N) is 1. The third-order valence-electron chi connectivity index (χ3n) is 3.64. The maximum absolute atomic E-state index is 5.70. The number of hydrogen-bond donors (Lipinski definition) is 2. The van der Waals surface area contributed by atoms with Crippen LogP contribution in [0.4, 0.5) is 5.82 Å². The van der Waals surface area contributed by atoms with Gasteiger partial charge in [-0.3, -0.25) is 0 Å². The number of aromatic nitrogens is 1. The Bertz CT molecular complexity index is 458. The molecule has 0 aromatic carbocycles. The normalized spacial score (nSPS) is 12.4. The molecule has 0 saturated heterocycles. The lowest BCUT2D eigenvalue weighted by molar-refractivity contribution is 0.295. The first-order valence-electron chi connectivity index (χ1n) is 7.73. The number of hydrogen-bond acceptors (Lipinski definition) is 4. The maximum Gasteiger partial charge on any atom is 0.127 e. The largest absolute Gasteiger partial charge is 0.389 e. The van der Waals surface area contributed by atoms with E-state index in [9.17, 15) is 0 Å². The molecule has 118 valence electrons. The Hall–Kier alpha value is -1.20. The van der Waals surface area contributed by atoms with Crippen molar-refractivity contribution in [1.29, 1.82) is 0 Å². The molecule has 0 fully saturated rings. The van der Waals surface area contributed by atoms with Crippen molar-refractivity contribution in [2.24, 2.45) is 5.73 Å². The fourth-order valence-electron chi connectivity index (χ4n) is 2.37. The molecule has 0 aliphatic heterocycles. The zero-order valence-electron chi connectivity index (χ0n) is 13.6. The molecule has 0 aliphatic carbocycles. The quantitative estimate of drug-likeness (QED) is 0.687. The lowest BCUT2D eigenvalue weighted by Gasteiger charge is -2.20. The molecule has 0 radical (unpaired) electrons. The van der Waals surface area contributed by atoms with Crippen molar-refractivity contribution in [3.63, 3.8) is 0 Å². The molecule has 1 atom stereocenters. The zero-order chi connectivity index (χ0) is 15.8. The van der Waals surface area contributed by atoms with Crippen molar-refractivity contribution in [2.75, 3.05) is 25.0 Å². The van der Waals surface area contributed by atoms with E-state index in [4.69, 9.17) is 18.0 Å². The van der Waals surface area contributed by atoms with E-state index in [-0.39, 0.29) is 0 Å². The van der Waals surface area contributed by atoms with Crippen LogP contribution < -0.4 is 11.1 Å². The third-order valence-corrected chi connectivity index (χ3v) is 3.87. The summed E-state index contributed by atoms with van der Waals surface area (Å²) in [5.74, 6) is 0.855. The number of anilines is 1. The lowest BCUT2D eigenvalue weighted by atomic mass is 10.1. The summed E-state index contributed by atoms with van der Waals surface area (Å²) in [7, 11) is 0. The molecule has 21 heavy (non-hydrogen) atoms. The van der Waals surface area contributed by atoms with Crippen LogP contribution in [0.15, 0.2) is 12.1 Å². The minimum Gasteiger partial charge on any atom is -0.389 e. The van der Waals surface area contributed by atoms with E-state index in [2.05, 4.69) is 36.0 Å². The van der Waals surface area contributed by atoms with Crippen LogP contribution in [0.5, 0.6) is 0 Å². The number of rotatable bonds is 9. The Balaban J connectivity index is 2.51. The second kappa shape index (κ2) is 8.95. The topological polar surface area (TPSA) is 54.2 Å². The summed E-state index contributed by atoms with van der Waals surface area (Å²) in [5, 5.41) is 3.44. The molecule has 3 N–H and O–H groups in total. The molecule has 0 aliphatic rings. The highest BCUT2D eigenvalue weighted by Gasteiger charge is 2.07. The van der Waals surface area contributed by atoms with Gasteiger partial charge in [0, 0.05) is 17.3 Å². The van der Waals surface area contributed by atoms with E-state index in [0.717, 1.165) is 43.1 Å². The Labute approximate surface area is 134 Å². The third kappa shape index (κ3) is 6.40. The van der Waals surface area contributed by atoms with E-state index in [1.807, 2.05) is 19.1 Å². The molecule has 1 aromatic rings. The molecule has 0 spiro atoms. The Morgan fingerprint density at radius 1 is 1.38 bits per heavy atom. The SMILES string of the molecule is CCN(CC)CCCC(C)Nc1cc(C(N)=S)cc(C)n1. The number of nitrogens with zero attached hydrogens (tertiary/aromatic N) is 2. The minimum atomic E-state index is 0.383. The van der Waals surface area contributed by atoms with E-state index in [1.165, 1.54) is 6.42 Å². The molecule has 0 saturated carbocycles. The van der Waals surface area contributed by atoms with E-state index < -0.39 is 0 Å². The van der Waals surface area contributed by atoms with E-state index in [0.29, 0.717) is 11.0 Å². The van der Waals surface area contributed by atoms with Crippen LogP contribution in [-0.4, -0.2) is 40.5 Å². The van der Waals surface area contributed by atoms with Crippen molar-refractivity contribution in [2.45, 2.75) is 46.6 Å². The predicted octanol–water partition coefficient (Wildman–Crippen LogP) is 2.95. The van der Waals surface area contributed by atoms with E-state index >= 15 is 0 Å². The highest BCUT2D eigenvalue weighted by Crippen LogP contribution is 2.13. The predicted molar refractivity (Wildman–Crippen MR) is 95.0 cm³/mol. The number of thiocarbonyl (C=S) groups is 1. The number of nitrogens with two attached hydrogens (primary N) is 1. The minimum absolute atomic E-state index is 0.383. The summed E-state index contributed by atoms with van der Waals surface area (Å²) in [4.78, 5) is 7.36. The van der Waals surface area contributed by atoms with Gasteiger partial charge in [0.15, 0.2) is 0 Å². The number of aryl methyl sites for hydroxylation is 1. The molecule has 1 unspecified atom stereocenters. The first kappa shape index (κ1) is 17.9. The smallest absolute Gasteiger partial charge is 0.127 e. The number of pyridine rings is 1. The first-order valence-corrected chi connectivity index (χ1v) is 8.14. The highest BCUT2D eigenvalue weighted by molar-refractivity contribution is 7.80. The first-order chi connectivity index (χ1) is 9.96. The van der Waals surface area contributed by atoms with Crippen LogP contribution in [0.3, 0.4) is 0 Å². The van der Waals surface area contributed by atoms with Gasteiger partial charge in [-0.25, -0.2) is 4.98 Å². The molecule has 5 heteroatoms. The molecular formula is C16H28N4S. The summed E-state index contributed by atoms with van der Waals surface area (Å²) in [6.45, 7) is 11.9. The summed E-state index contributed by atoms with van der Waals surface area (Å²) < 4.78 is 0. The lowest BCUT2D eigenvalue weighted by Crippen LogP contribution is -2.25. The second-order valence-electron chi connectivity index (χ2n) is 5.46. The zero-order valence-corrected chi connectivity index (χ0v) is 14.5. The fourth-order valence-corrected chi connectivity index (χ4v) is 2.49. The molecule has 1 rings (SSSR count). The van der Waals surface area contributed by atoms with Crippen LogP contribution in [0, 0.1) is 6.92 Å². The molecule has 1 heterocycles. The van der Waals surface area contributed by atoms with Crippen LogP contribution in [0.25, 0.3) is 0 Å². The molecule has 0 amide bonds. The summed E-state index contributed by atoms with van der Waals surface area (Å²) in [5.41, 5.74) is 7.50. The van der Waals surface area contributed by atoms with E-state index in [1.54, 1.807) is 0 Å². The van der Waals surface area contributed by atoms with Crippen molar-refractivity contribution in [1.82, 2.24) is 9.88 Å². The van der Waals surface area contributed by atoms with Gasteiger partial charge >= 0.3 is 0 Å². The summed E-state index contributed by atoms with van der Waals surface area (Å²) in [6.07, 6.45) is 2.30.